The van der Waals surface area contributed by atoms with Gasteiger partial charge in [0, 0.05) is 30.9 Å². The summed E-state index contributed by atoms with van der Waals surface area (Å²) in [4.78, 5) is 26.5. The van der Waals surface area contributed by atoms with Crippen molar-refractivity contribution in [1.29, 1.82) is 0 Å². The second kappa shape index (κ2) is 14.2. The molecule has 0 fully saturated rings. The van der Waals surface area contributed by atoms with Gasteiger partial charge in [-0.25, -0.2) is 9.18 Å². The normalized spacial score (nSPS) is 10.6. The van der Waals surface area contributed by atoms with E-state index in [-0.39, 0.29) is 24.3 Å². The van der Waals surface area contributed by atoms with Gasteiger partial charge in [-0.3, -0.25) is 9.69 Å². The Labute approximate surface area is 191 Å². The number of nitrogens with zero attached hydrogens (tertiary/aromatic N) is 1. The third-order valence-electron chi connectivity index (χ3n) is 5.35. The maximum atomic E-state index is 13.4. The van der Waals surface area contributed by atoms with Crippen molar-refractivity contribution in [2.24, 2.45) is 0 Å². The Morgan fingerprint density at radius 2 is 1.50 bits per heavy atom. The van der Waals surface area contributed by atoms with E-state index in [9.17, 15) is 14.0 Å². The second-order valence-electron chi connectivity index (χ2n) is 8.15. The summed E-state index contributed by atoms with van der Waals surface area (Å²) < 4.78 is 13.4. The minimum absolute atomic E-state index is 0.00319. The van der Waals surface area contributed by atoms with Crippen molar-refractivity contribution < 1.29 is 14.0 Å². The van der Waals surface area contributed by atoms with Crippen molar-refractivity contribution in [3.63, 3.8) is 0 Å². The van der Waals surface area contributed by atoms with E-state index in [2.05, 4.69) is 17.6 Å². The zero-order chi connectivity index (χ0) is 23.2. The number of amides is 3. The van der Waals surface area contributed by atoms with E-state index in [0.29, 0.717) is 24.3 Å². The SMILES string of the molecule is CCCCCCCCCC(=O)NCCN(C(=O)Nc1ccc(C)cc1)c1ccc(F)cc1. The number of rotatable bonds is 13. The van der Waals surface area contributed by atoms with Crippen LogP contribution in [0.5, 0.6) is 0 Å². The molecular weight excluding hydrogens is 405 g/mol. The molecule has 0 saturated carbocycles. The van der Waals surface area contributed by atoms with Gasteiger partial charge in [0.05, 0.1) is 0 Å². The molecule has 0 aliphatic rings. The molecule has 32 heavy (non-hydrogen) atoms. The topological polar surface area (TPSA) is 61.4 Å². The summed E-state index contributed by atoms with van der Waals surface area (Å²) in [6.45, 7) is 4.79. The highest BCUT2D eigenvalue weighted by Crippen LogP contribution is 2.17. The smallest absolute Gasteiger partial charge is 0.326 e. The number of benzene rings is 2. The molecule has 5 nitrogen and oxygen atoms in total. The standard InChI is InChI=1S/C26H36FN3O2/c1-3-4-5-6-7-8-9-10-25(31)28-19-20-30(24-17-13-22(27)14-18-24)26(32)29-23-15-11-21(2)12-16-23/h11-18H,3-10,19-20H2,1-2H3,(H,28,31)(H,29,32). The molecule has 0 spiro atoms. The molecule has 3 amide bonds. The van der Waals surface area contributed by atoms with Gasteiger partial charge in [0.1, 0.15) is 5.82 Å². The summed E-state index contributed by atoms with van der Waals surface area (Å²) in [5.74, 6) is -0.368. The lowest BCUT2D eigenvalue weighted by Crippen LogP contribution is -2.41. The summed E-state index contributed by atoms with van der Waals surface area (Å²) in [5, 5.41) is 5.76. The molecule has 0 bridgehead atoms. The Bertz CT molecular complexity index is 822. The maximum Gasteiger partial charge on any atom is 0.326 e. The number of carbonyl (C=O) groups is 2. The van der Waals surface area contributed by atoms with Crippen LogP contribution in [-0.4, -0.2) is 25.0 Å². The zero-order valence-electron chi connectivity index (χ0n) is 19.3. The minimum atomic E-state index is -0.365. The summed E-state index contributed by atoms with van der Waals surface area (Å²) in [7, 11) is 0. The predicted molar refractivity (Wildman–Crippen MR) is 130 cm³/mol. The summed E-state index contributed by atoms with van der Waals surface area (Å²) in [6, 6.07) is 12.9. The van der Waals surface area contributed by atoms with Crippen LogP contribution in [0, 0.1) is 12.7 Å². The molecule has 0 radical (unpaired) electrons. The van der Waals surface area contributed by atoms with Crippen molar-refractivity contribution in [2.45, 2.75) is 65.2 Å². The molecule has 2 N–H and O–H groups in total. The molecule has 6 heteroatoms. The lowest BCUT2D eigenvalue weighted by molar-refractivity contribution is -0.121. The average Bonchev–Trinajstić information content (AvgIpc) is 2.78. The number of halogens is 1. The summed E-state index contributed by atoms with van der Waals surface area (Å²) >= 11 is 0. The molecule has 2 aromatic rings. The van der Waals surface area contributed by atoms with Crippen LogP contribution in [-0.2, 0) is 4.79 Å². The third-order valence-corrected chi connectivity index (χ3v) is 5.35. The van der Waals surface area contributed by atoms with E-state index in [4.69, 9.17) is 0 Å². The Morgan fingerprint density at radius 1 is 0.875 bits per heavy atom. The number of anilines is 2. The Hall–Kier alpha value is -2.89. The number of hydrogen-bond acceptors (Lipinski definition) is 2. The van der Waals surface area contributed by atoms with Crippen LogP contribution in [0.4, 0.5) is 20.6 Å². The van der Waals surface area contributed by atoms with Gasteiger partial charge in [0.2, 0.25) is 5.91 Å². The Morgan fingerprint density at radius 3 is 2.16 bits per heavy atom. The van der Waals surface area contributed by atoms with E-state index in [0.717, 1.165) is 18.4 Å². The first-order valence-electron chi connectivity index (χ1n) is 11.7. The van der Waals surface area contributed by atoms with Gasteiger partial charge >= 0.3 is 6.03 Å². The number of carbonyl (C=O) groups excluding carboxylic acids is 2. The zero-order valence-corrected chi connectivity index (χ0v) is 19.3. The number of hydrogen-bond donors (Lipinski definition) is 2. The van der Waals surface area contributed by atoms with Gasteiger partial charge < -0.3 is 10.6 Å². The van der Waals surface area contributed by atoms with Gasteiger partial charge in [-0.15, -0.1) is 0 Å². The number of nitrogens with one attached hydrogen (secondary N) is 2. The highest BCUT2D eigenvalue weighted by molar-refractivity contribution is 6.01. The molecule has 174 valence electrons. The van der Waals surface area contributed by atoms with Crippen LogP contribution in [0.1, 0.15) is 63.9 Å². The van der Waals surface area contributed by atoms with E-state index in [1.807, 2.05) is 31.2 Å². The highest BCUT2D eigenvalue weighted by Gasteiger charge is 2.16. The molecule has 0 unspecified atom stereocenters. The first-order valence-corrected chi connectivity index (χ1v) is 11.7. The third kappa shape index (κ3) is 9.50. The maximum absolute atomic E-state index is 13.4. The van der Waals surface area contributed by atoms with Gasteiger partial charge in [0.25, 0.3) is 0 Å². The van der Waals surface area contributed by atoms with Crippen molar-refractivity contribution in [2.75, 3.05) is 23.3 Å². The summed E-state index contributed by atoms with van der Waals surface area (Å²) in [6.07, 6.45) is 8.64. The largest absolute Gasteiger partial charge is 0.354 e. The number of urea groups is 1. The van der Waals surface area contributed by atoms with Gasteiger partial charge in [-0.05, 0) is 49.7 Å². The molecule has 2 aromatic carbocycles. The fraction of sp³-hybridized carbons (Fsp3) is 0.462. The quantitative estimate of drug-likeness (QED) is 0.352. The molecule has 0 aromatic heterocycles. The van der Waals surface area contributed by atoms with Crippen LogP contribution < -0.4 is 15.5 Å². The van der Waals surface area contributed by atoms with Gasteiger partial charge in [-0.2, -0.15) is 0 Å². The first kappa shape index (κ1) is 25.4. The van der Waals surface area contributed by atoms with Crippen LogP contribution in [0.3, 0.4) is 0 Å². The fourth-order valence-corrected chi connectivity index (χ4v) is 3.43. The molecule has 0 heterocycles. The van der Waals surface area contributed by atoms with E-state index >= 15 is 0 Å². The van der Waals surface area contributed by atoms with Crippen LogP contribution in [0.2, 0.25) is 0 Å². The van der Waals surface area contributed by atoms with Crippen LogP contribution in [0.15, 0.2) is 48.5 Å². The average molecular weight is 442 g/mol. The van der Waals surface area contributed by atoms with Crippen molar-refractivity contribution in [3.05, 3.63) is 59.9 Å². The molecule has 0 aliphatic heterocycles. The highest BCUT2D eigenvalue weighted by atomic mass is 19.1. The fourth-order valence-electron chi connectivity index (χ4n) is 3.43. The van der Waals surface area contributed by atoms with Crippen molar-refractivity contribution in [1.82, 2.24) is 5.32 Å². The van der Waals surface area contributed by atoms with Crippen LogP contribution in [0.25, 0.3) is 0 Å². The monoisotopic (exact) mass is 441 g/mol. The lowest BCUT2D eigenvalue weighted by Gasteiger charge is -2.23. The van der Waals surface area contributed by atoms with E-state index in [1.165, 1.54) is 49.1 Å². The second-order valence-corrected chi connectivity index (χ2v) is 8.15. The minimum Gasteiger partial charge on any atom is -0.354 e. The molecule has 0 aliphatic carbocycles. The van der Waals surface area contributed by atoms with E-state index in [1.54, 1.807) is 12.1 Å². The van der Waals surface area contributed by atoms with Gasteiger partial charge in [-0.1, -0.05) is 63.1 Å². The number of unbranched alkanes of at least 4 members (excludes halogenated alkanes) is 6. The lowest BCUT2D eigenvalue weighted by atomic mass is 10.1. The first-order chi connectivity index (χ1) is 15.5. The predicted octanol–water partition coefficient (Wildman–Crippen LogP) is 6.43. The van der Waals surface area contributed by atoms with Crippen molar-refractivity contribution in [3.8, 4) is 0 Å². The molecule has 0 atom stereocenters. The van der Waals surface area contributed by atoms with Gasteiger partial charge in [0.15, 0.2) is 0 Å². The molecule has 0 saturated heterocycles. The van der Waals surface area contributed by atoms with Crippen LogP contribution >= 0.6 is 0 Å². The number of aryl methyl sites for hydroxylation is 1. The van der Waals surface area contributed by atoms with Crippen molar-refractivity contribution >= 4 is 23.3 Å². The Balaban J connectivity index is 1.83. The molecular formula is C26H36FN3O2. The summed E-state index contributed by atoms with van der Waals surface area (Å²) in [5.41, 5.74) is 2.34. The molecule has 2 rings (SSSR count). The Kier molecular flexibility index (Phi) is 11.3. The van der Waals surface area contributed by atoms with E-state index < -0.39 is 0 Å².